The number of aliphatic hydroxyl groups is 1. The molecule has 0 unspecified atom stereocenters. The molecule has 0 spiro atoms. The molecule has 4 heteroatoms. The summed E-state index contributed by atoms with van der Waals surface area (Å²) in [6, 6.07) is 8.21. The highest BCUT2D eigenvalue weighted by atomic mass is 32.2. The van der Waals surface area contributed by atoms with Gasteiger partial charge in [0.25, 0.3) is 0 Å². The van der Waals surface area contributed by atoms with Gasteiger partial charge in [0.05, 0.1) is 12.4 Å². The average Bonchev–Trinajstić information content (AvgIpc) is 2.63. The fraction of sp³-hybridized carbons (Fsp3) is 0.417. The van der Waals surface area contributed by atoms with E-state index in [-0.39, 0.29) is 17.9 Å². The van der Waals surface area contributed by atoms with Crippen LogP contribution in [0.1, 0.15) is 16.5 Å². The van der Waals surface area contributed by atoms with Crippen molar-refractivity contribution in [1.82, 2.24) is 4.90 Å². The van der Waals surface area contributed by atoms with E-state index in [1.165, 1.54) is 5.56 Å². The number of hydrogen-bond donors (Lipinski definition) is 1. The van der Waals surface area contributed by atoms with Gasteiger partial charge >= 0.3 is 0 Å². The molecule has 2 rings (SSSR count). The van der Waals surface area contributed by atoms with Crippen molar-refractivity contribution in [2.75, 3.05) is 18.9 Å². The fourth-order valence-corrected chi connectivity index (χ4v) is 3.03. The highest BCUT2D eigenvalue weighted by Crippen LogP contribution is 2.38. The lowest BCUT2D eigenvalue weighted by atomic mass is 10.1. The van der Waals surface area contributed by atoms with Crippen molar-refractivity contribution < 1.29 is 9.90 Å². The van der Waals surface area contributed by atoms with Crippen LogP contribution in [-0.2, 0) is 4.79 Å². The monoisotopic (exact) mass is 237 g/mol. The Labute approximate surface area is 99.5 Å². The lowest BCUT2D eigenvalue weighted by molar-refractivity contribution is -0.128. The van der Waals surface area contributed by atoms with E-state index in [0.717, 1.165) is 5.56 Å². The van der Waals surface area contributed by atoms with E-state index in [0.29, 0.717) is 12.3 Å². The lowest BCUT2D eigenvalue weighted by Crippen LogP contribution is -2.30. The minimum absolute atomic E-state index is 0.0225. The first-order valence-electron chi connectivity index (χ1n) is 5.31. The normalized spacial score (nSPS) is 20.5. The molecule has 1 aromatic carbocycles. The molecule has 0 radical (unpaired) electrons. The Balaban J connectivity index is 2.19. The second-order valence-corrected chi connectivity index (χ2v) is 4.95. The summed E-state index contributed by atoms with van der Waals surface area (Å²) in [4.78, 5) is 13.4. The van der Waals surface area contributed by atoms with Crippen molar-refractivity contribution in [2.45, 2.75) is 12.3 Å². The quantitative estimate of drug-likeness (QED) is 0.867. The maximum Gasteiger partial charge on any atom is 0.233 e. The zero-order valence-electron chi connectivity index (χ0n) is 9.22. The highest BCUT2D eigenvalue weighted by molar-refractivity contribution is 8.00. The SMILES string of the molecule is Cc1ccc([C@@H]2SCC(=O)N2CCO)cc1. The van der Waals surface area contributed by atoms with Crippen LogP contribution in [0.4, 0.5) is 0 Å². The molecule has 86 valence electrons. The van der Waals surface area contributed by atoms with Crippen molar-refractivity contribution in [3.05, 3.63) is 35.4 Å². The lowest BCUT2D eigenvalue weighted by Gasteiger charge is -2.23. The van der Waals surface area contributed by atoms with Crippen molar-refractivity contribution in [2.24, 2.45) is 0 Å². The Morgan fingerprint density at radius 3 is 2.75 bits per heavy atom. The molecule has 0 aromatic heterocycles. The molecule has 1 aromatic rings. The number of β-amino-alcohol motifs (C(OH)–C–C–N with tert-alkyl or cyclic N) is 1. The maximum atomic E-state index is 11.6. The van der Waals surface area contributed by atoms with Gasteiger partial charge in [-0.05, 0) is 12.5 Å². The molecule has 1 atom stereocenters. The van der Waals surface area contributed by atoms with Gasteiger partial charge < -0.3 is 10.0 Å². The van der Waals surface area contributed by atoms with Crippen molar-refractivity contribution in [3.63, 3.8) is 0 Å². The molecular weight excluding hydrogens is 222 g/mol. The van der Waals surface area contributed by atoms with E-state index in [1.807, 2.05) is 6.92 Å². The molecule has 1 aliphatic rings. The van der Waals surface area contributed by atoms with Crippen LogP contribution < -0.4 is 0 Å². The summed E-state index contributed by atoms with van der Waals surface area (Å²) < 4.78 is 0. The van der Waals surface area contributed by atoms with Crippen LogP contribution in [0.15, 0.2) is 24.3 Å². The second kappa shape index (κ2) is 4.89. The fourth-order valence-electron chi connectivity index (χ4n) is 1.81. The largest absolute Gasteiger partial charge is 0.395 e. The first kappa shape index (κ1) is 11.5. The molecule has 0 bridgehead atoms. The minimum Gasteiger partial charge on any atom is -0.395 e. The Morgan fingerprint density at radius 1 is 1.44 bits per heavy atom. The maximum absolute atomic E-state index is 11.6. The molecule has 1 heterocycles. The second-order valence-electron chi connectivity index (χ2n) is 3.88. The molecule has 1 fully saturated rings. The number of benzene rings is 1. The Kier molecular flexibility index (Phi) is 3.51. The van der Waals surface area contributed by atoms with Crippen LogP contribution in [0.3, 0.4) is 0 Å². The van der Waals surface area contributed by atoms with Crippen molar-refractivity contribution in [3.8, 4) is 0 Å². The molecule has 3 nitrogen and oxygen atoms in total. The Hall–Kier alpha value is -1.00. The topological polar surface area (TPSA) is 40.5 Å². The summed E-state index contributed by atoms with van der Waals surface area (Å²) in [7, 11) is 0. The number of carbonyl (C=O) groups is 1. The van der Waals surface area contributed by atoms with Crippen LogP contribution in [-0.4, -0.2) is 34.8 Å². The molecule has 16 heavy (non-hydrogen) atoms. The van der Waals surface area contributed by atoms with Gasteiger partial charge in [0, 0.05) is 6.54 Å². The minimum atomic E-state index is 0.0225. The van der Waals surface area contributed by atoms with Gasteiger partial charge in [0.1, 0.15) is 5.37 Å². The van der Waals surface area contributed by atoms with Crippen LogP contribution in [0.2, 0.25) is 0 Å². The smallest absolute Gasteiger partial charge is 0.233 e. The number of nitrogens with zero attached hydrogens (tertiary/aromatic N) is 1. The summed E-state index contributed by atoms with van der Waals surface area (Å²) in [5, 5.41) is 9.02. The van der Waals surface area contributed by atoms with E-state index in [4.69, 9.17) is 5.11 Å². The molecule has 0 saturated carbocycles. The third-order valence-electron chi connectivity index (χ3n) is 2.67. The summed E-state index contributed by atoms with van der Waals surface area (Å²) >= 11 is 1.62. The van der Waals surface area contributed by atoms with Gasteiger partial charge in [-0.3, -0.25) is 4.79 Å². The van der Waals surface area contributed by atoms with E-state index in [2.05, 4.69) is 24.3 Å². The molecule has 1 amide bonds. The van der Waals surface area contributed by atoms with E-state index < -0.39 is 0 Å². The van der Waals surface area contributed by atoms with Gasteiger partial charge in [-0.1, -0.05) is 29.8 Å². The molecule has 0 aliphatic carbocycles. The number of rotatable bonds is 3. The number of thioether (sulfide) groups is 1. The van der Waals surface area contributed by atoms with E-state index in [9.17, 15) is 4.79 Å². The third-order valence-corrected chi connectivity index (χ3v) is 3.93. The van der Waals surface area contributed by atoms with Crippen molar-refractivity contribution in [1.29, 1.82) is 0 Å². The number of hydrogen-bond acceptors (Lipinski definition) is 3. The number of aliphatic hydroxyl groups excluding tert-OH is 1. The van der Waals surface area contributed by atoms with Crippen LogP contribution in [0, 0.1) is 6.92 Å². The molecule has 1 saturated heterocycles. The van der Waals surface area contributed by atoms with Gasteiger partial charge in [0.2, 0.25) is 5.91 Å². The Morgan fingerprint density at radius 2 is 2.12 bits per heavy atom. The third kappa shape index (κ3) is 2.23. The zero-order chi connectivity index (χ0) is 11.5. The average molecular weight is 237 g/mol. The predicted molar refractivity (Wildman–Crippen MR) is 65.2 cm³/mol. The predicted octanol–water partition coefficient (Wildman–Crippen LogP) is 1.56. The molecule has 1 N–H and O–H groups in total. The highest BCUT2D eigenvalue weighted by Gasteiger charge is 2.31. The standard InChI is InChI=1S/C12H15NO2S/c1-9-2-4-10(5-3-9)12-13(6-7-14)11(15)8-16-12/h2-5,12,14H,6-8H2,1H3/t12-/m0/s1. The number of amides is 1. The zero-order valence-corrected chi connectivity index (χ0v) is 10.0. The van der Waals surface area contributed by atoms with Crippen LogP contribution in [0.5, 0.6) is 0 Å². The molecular formula is C12H15NO2S. The van der Waals surface area contributed by atoms with Crippen molar-refractivity contribution >= 4 is 17.7 Å². The van der Waals surface area contributed by atoms with Gasteiger partial charge in [-0.15, -0.1) is 11.8 Å². The summed E-state index contributed by atoms with van der Waals surface area (Å²) in [6.07, 6.45) is 0. The number of aryl methyl sites for hydroxylation is 1. The van der Waals surface area contributed by atoms with Gasteiger partial charge in [-0.25, -0.2) is 0 Å². The van der Waals surface area contributed by atoms with Gasteiger partial charge in [0.15, 0.2) is 0 Å². The summed E-state index contributed by atoms with van der Waals surface area (Å²) in [6.45, 7) is 2.49. The number of carbonyl (C=O) groups excluding carboxylic acids is 1. The van der Waals surface area contributed by atoms with E-state index in [1.54, 1.807) is 16.7 Å². The first-order chi connectivity index (χ1) is 7.72. The first-order valence-corrected chi connectivity index (χ1v) is 6.36. The molecule has 1 aliphatic heterocycles. The summed E-state index contributed by atoms with van der Waals surface area (Å²) in [5.74, 6) is 0.628. The van der Waals surface area contributed by atoms with Crippen LogP contribution >= 0.6 is 11.8 Å². The van der Waals surface area contributed by atoms with Gasteiger partial charge in [-0.2, -0.15) is 0 Å². The van der Waals surface area contributed by atoms with Crippen LogP contribution in [0.25, 0.3) is 0 Å². The van der Waals surface area contributed by atoms with E-state index >= 15 is 0 Å². The summed E-state index contributed by atoms with van der Waals surface area (Å²) in [5.41, 5.74) is 2.35. The Bertz CT molecular complexity index is 377.